The van der Waals surface area contributed by atoms with E-state index in [2.05, 4.69) is 15.0 Å². The monoisotopic (exact) mass is 357 g/mol. The molecule has 4 atom stereocenters. The molecule has 0 amide bonds. The molecule has 2 aromatic heterocycles. The first-order chi connectivity index (χ1) is 12.6. The van der Waals surface area contributed by atoms with Crippen molar-refractivity contribution >= 4 is 17.0 Å². The van der Waals surface area contributed by atoms with Gasteiger partial charge in [-0.1, -0.05) is 30.3 Å². The fourth-order valence-electron chi connectivity index (χ4n) is 3.02. The van der Waals surface area contributed by atoms with Crippen molar-refractivity contribution in [3.63, 3.8) is 0 Å². The molecule has 9 nitrogen and oxygen atoms in total. The minimum absolute atomic E-state index is 0.146. The molecule has 1 fully saturated rings. The molecule has 0 unspecified atom stereocenters. The van der Waals surface area contributed by atoms with Gasteiger partial charge in [-0.2, -0.15) is 0 Å². The SMILES string of the molecule is Nc1ncnc2c1ncn2[C@@H]1O[C@H](COCc2ccccc2)[C@@H](O)[C@H]1O. The maximum absolute atomic E-state index is 10.4. The smallest absolute Gasteiger partial charge is 0.167 e. The van der Waals surface area contributed by atoms with E-state index in [-0.39, 0.29) is 12.4 Å². The van der Waals surface area contributed by atoms with Crippen LogP contribution in [-0.4, -0.2) is 54.7 Å². The predicted octanol–water partition coefficient (Wildman–Crippen LogP) is 0.244. The molecule has 1 aromatic carbocycles. The Bertz CT molecular complexity index is 887. The van der Waals surface area contributed by atoms with Gasteiger partial charge in [0.15, 0.2) is 17.7 Å². The molecule has 26 heavy (non-hydrogen) atoms. The summed E-state index contributed by atoms with van der Waals surface area (Å²) in [5.41, 5.74) is 7.65. The Kier molecular flexibility index (Phi) is 4.51. The van der Waals surface area contributed by atoms with E-state index in [0.29, 0.717) is 17.8 Å². The maximum atomic E-state index is 10.4. The topological polar surface area (TPSA) is 129 Å². The molecule has 3 heterocycles. The number of hydrogen-bond donors (Lipinski definition) is 3. The average molecular weight is 357 g/mol. The van der Waals surface area contributed by atoms with Gasteiger partial charge < -0.3 is 25.4 Å². The van der Waals surface area contributed by atoms with Crippen LogP contribution in [-0.2, 0) is 16.1 Å². The van der Waals surface area contributed by atoms with E-state index < -0.39 is 24.5 Å². The summed E-state index contributed by atoms with van der Waals surface area (Å²) >= 11 is 0. The van der Waals surface area contributed by atoms with Crippen molar-refractivity contribution in [2.24, 2.45) is 0 Å². The number of nitrogens with two attached hydrogens (primary N) is 1. The van der Waals surface area contributed by atoms with Gasteiger partial charge in [-0.25, -0.2) is 15.0 Å². The second kappa shape index (κ2) is 6.96. The first kappa shape index (κ1) is 16.9. The van der Waals surface area contributed by atoms with Gasteiger partial charge >= 0.3 is 0 Å². The van der Waals surface area contributed by atoms with Crippen molar-refractivity contribution in [1.82, 2.24) is 19.5 Å². The minimum Gasteiger partial charge on any atom is -0.387 e. The quantitative estimate of drug-likeness (QED) is 0.592. The lowest BCUT2D eigenvalue weighted by Crippen LogP contribution is -2.33. The third-order valence-corrected chi connectivity index (χ3v) is 4.39. The second-order valence-corrected chi connectivity index (χ2v) is 6.13. The third kappa shape index (κ3) is 3.01. The van der Waals surface area contributed by atoms with Gasteiger partial charge in [-0.15, -0.1) is 0 Å². The highest BCUT2D eigenvalue weighted by Crippen LogP contribution is 2.32. The molecule has 0 aliphatic carbocycles. The number of nitrogens with zero attached hydrogens (tertiary/aromatic N) is 4. The Morgan fingerprint density at radius 3 is 2.73 bits per heavy atom. The van der Waals surface area contributed by atoms with Crippen molar-refractivity contribution in [2.75, 3.05) is 12.3 Å². The van der Waals surface area contributed by atoms with Crippen LogP contribution >= 0.6 is 0 Å². The number of ether oxygens (including phenoxy) is 2. The Hall–Kier alpha value is -2.59. The molecular weight excluding hydrogens is 338 g/mol. The van der Waals surface area contributed by atoms with E-state index in [9.17, 15) is 10.2 Å². The fraction of sp³-hybridized carbons (Fsp3) is 0.353. The van der Waals surface area contributed by atoms with Crippen molar-refractivity contribution < 1.29 is 19.7 Å². The number of nitrogen functional groups attached to an aromatic ring is 1. The molecule has 1 aliphatic rings. The molecule has 0 bridgehead atoms. The van der Waals surface area contributed by atoms with Gasteiger partial charge in [0.25, 0.3) is 0 Å². The predicted molar refractivity (Wildman–Crippen MR) is 91.8 cm³/mol. The van der Waals surface area contributed by atoms with Crippen LogP contribution in [0.5, 0.6) is 0 Å². The van der Waals surface area contributed by atoms with Crippen LogP contribution in [0.2, 0.25) is 0 Å². The minimum atomic E-state index is -1.14. The zero-order valence-electron chi connectivity index (χ0n) is 13.8. The van der Waals surface area contributed by atoms with Gasteiger partial charge in [0, 0.05) is 0 Å². The number of imidazole rings is 1. The van der Waals surface area contributed by atoms with E-state index in [1.807, 2.05) is 30.3 Å². The summed E-state index contributed by atoms with van der Waals surface area (Å²) in [7, 11) is 0. The summed E-state index contributed by atoms with van der Waals surface area (Å²) in [6.45, 7) is 0.541. The van der Waals surface area contributed by atoms with E-state index >= 15 is 0 Å². The number of aliphatic hydroxyl groups excluding tert-OH is 2. The fourth-order valence-corrected chi connectivity index (χ4v) is 3.02. The number of aliphatic hydroxyl groups is 2. The standard InChI is InChI=1S/C17H19N5O4/c18-15-12-16(20-8-19-15)22(9-21-12)17-14(24)13(23)11(26-17)7-25-6-10-4-2-1-3-5-10/h1-5,8-9,11,13-14,17,23-24H,6-7H2,(H2,18,19,20)/t11-,13-,14-,17-/m1/s1. The van der Waals surface area contributed by atoms with Crippen LogP contribution in [0.1, 0.15) is 11.8 Å². The lowest BCUT2D eigenvalue weighted by Gasteiger charge is -2.16. The lowest BCUT2D eigenvalue weighted by molar-refractivity contribution is -0.0682. The number of anilines is 1. The van der Waals surface area contributed by atoms with Crippen molar-refractivity contribution in [1.29, 1.82) is 0 Å². The maximum Gasteiger partial charge on any atom is 0.167 e. The summed E-state index contributed by atoms with van der Waals surface area (Å²) < 4.78 is 13.0. The van der Waals surface area contributed by atoms with Crippen LogP contribution in [0.4, 0.5) is 5.82 Å². The van der Waals surface area contributed by atoms with E-state index in [4.69, 9.17) is 15.2 Å². The van der Waals surface area contributed by atoms with Crippen LogP contribution in [0.3, 0.4) is 0 Å². The van der Waals surface area contributed by atoms with Crippen LogP contribution in [0, 0.1) is 0 Å². The molecule has 0 radical (unpaired) electrons. The summed E-state index contributed by atoms with van der Waals surface area (Å²) in [6.07, 6.45) is -0.969. The van der Waals surface area contributed by atoms with Gasteiger partial charge in [0.2, 0.25) is 0 Å². The highest BCUT2D eigenvalue weighted by molar-refractivity contribution is 5.81. The first-order valence-electron chi connectivity index (χ1n) is 8.21. The summed E-state index contributed by atoms with van der Waals surface area (Å²) in [5.74, 6) is 0.240. The molecule has 0 saturated carbocycles. The molecule has 1 saturated heterocycles. The Labute approximate surface area is 149 Å². The molecule has 136 valence electrons. The molecule has 4 N–H and O–H groups in total. The third-order valence-electron chi connectivity index (χ3n) is 4.39. The number of aromatic nitrogens is 4. The van der Waals surface area contributed by atoms with E-state index in [1.165, 1.54) is 12.7 Å². The van der Waals surface area contributed by atoms with Crippen LogP contribution in [0.25, 0.3) is 11.2 Å². The Morgan fingerprint density at radius 2 is 1.92 bits per heavy atom. The van der Waals surface area contributed by atoms with Crippen molar-refractivity contribution in [3.05, 3.63) is 48.5 Å². The Morgan fingerprint density at radius 1 is 1.12 bits per heavy atom. The molecule has 3 aromatic rings. The number of hydrogen-bond acceptors (Lipinski definition) is 8. The number of rotatable bonds is 5. The summed E-state index contributed by atoms with van der Waals surface area (Å²) in [6, 6.07) is 9.69. The van der Waals surface area contributed by atoms with Gasteiger partial charge in [-0.05, 0) is 5.56 Å². The largest absolute Gasteiger partial charge is 0.387 e. The molecule has 4 rings (SSSR count). The van der Waals surface area contributed by atoms with Crippen molar-refractivity contribution in [3.8, 4) is 0 Å². The van der Waals surface area contributed by atoms with Gasteiger partial charge in [0.1, 0.15) is 30.2 Å². The number of benzene rings is 1. The van der Waals surface area contributed by atoms with Crippen molar-refractivity contribution in [2.45, 2.75) is 31.1 Å². The molecular formula is C17H19N5O4. The normalized spacial score (nSPS) is 25.8. The highest BCUT2D eigenvalue weighted by atomic mass is 16.6. The second-order valence-electron chi connectivity index (χ2n) is 6.13. The summed E-state index contributed by atoms with van der Waals surface area (Å²) in [4.78, 5) is 12.2. The van der Waals surface area contributed by atoms with E-state index in [0.717, 1.165) is 5.56 Å². The zero-order valence-corrected chi connectivity index (χ0v) is 13.8. The lowest BCUT2D eigenvalue weighted by atomic mass is 10.1. The molecule has 1 aliphatic heterocycles. The van der Waals surface area contributed by atoms with Crippen LogP contribution < -0.4 is 5.73 Å². The van der Waals surface area contributed by atoms with Gasteiger partial charge in [-0.3, -0.25) is 4.57 Å². The number of fused-ring (bicyclic) bond motifs is 1. The first-order valence-corrected chi connectivity index (χ1v) is 8.21. The van der Waals surface area contributed by atoms with Gasteiger partial charge in [0.05, 0.1) is 19.5 Å². The Balaban J connectivity index is 1.46. The molecule has 9 heteroatoms. The summed E-state index contributed by atoms with van der Waals surface area (Å²) in [5, 5.41) is 20.7. The van der Waals surface area contributed by atoms with E-state index in [1.54, 1.807) is 4.57 Å². The molecule has 0 spiro atoms. The zero-order chi connectivity index (χ0) is 18.1. The average Bonchev–Trinajstić information content (AvgIpc) is 3.20. The van der Waals surface area contributed by atoms with Crippen LogP contribution in [0.15, 0.2) is 43.0 Å². The highest BCUT2D eigenvalue weighted by Gasteiger charge is 2.44.